The monoisotopic (exact) mass is 817 g/mol. The van der Waals surface area contributed by atoms with Crippen molar-refractivity contribution in [1.29, 1.82) is 0 Å². The third kappa shape index (κ3) is 10.9. The Hall–Kier alpha value is -4.45. The van der Waals surface area contributed by atoms with Crippen molar-refractivity contribution in [3.8, 4) is 5.75 Å². The van der Waals surface area contributed by atoms with Gasteiger partial charge in [-0.1, -0.05) is 42.5 Å². The van der Waals surface area contributed by atoms with Crippen molar-refractivity contribution >= 4 is 48.6 Å². The number of aliphatic imine (C=N–C) groups is 2. The van der Waals surface area contributed by atoms with E-state index in [2.05, 4.69) is 139 Å². The van der Waals surface area contributed by atoms with Crippen molar-refractivity contribution in [3.05, 3.63) is 157 Å². The molecule has 0 fully saturated rings. The molecule has 4 N–H and O–H groups in total. The van der Waals surface area contributed by atoms with Crippen LogP contribution in [0.2, 0.25) is 0 Å². The fourth-order valence-electron chi connectivity index (χ4n) is 7.59. The molecule has 5 aromatic carbocycles. The number of rotatable bonds is 21. The van der Waals surface area contributed by atoms with Gasteiger partial charge < -0.3 is 15.8 Å². The van der Waals surface area contributed by atoms with E-state index in [1.165, 1.54) is 79.3 Å². The zero-order valence-electron chi connectivity index (χ0n) is 32.0. The van der Waals surface area contributed by atoms with Crippen LogP contribution in [0.25, 0.3) is 0 Å². The number of halogens is 1. The van der Waals surface area contributed by atoms with E-state index >= 15 is 0 Å². The van der Waals surface area contributed by atoms with Crippen molar-refractivity contribution in [3.63, 3.8) is 0 Å². The summed E-state index contributed by atoms with van der Waals surface area (Å²) in [6.45, 7) is 1.40. The third-order valence-corrected chi connectivity index (χ3v) is 20.7. The number of nitrogens with one attached hydrogen (secondary N) is 2. The predicted octanol–water partition coefficient (Wildman–Crippen LogP) is 9.91. The fraction of sp³-hybridized carbons (Fsp3) is 0.319. The Kier molecular flexibility index (Phi) is 15.0. The molecule has 0 saturated heterocycles. The molecule has 0 amide bonds. The third-order valence-electron chi connectivity index (χ3n) is 10.6. The van der Waals surface area contributed by atoms with Crippen molar-refractivity contribution in [2.45, 2.75) is 76.8 Å². The topological polar surface area (TPSA) is 84.0 Å². The van der Waals surface area contributed by atoms with Crippen LogP contribution < -0.4 is 37.0 Å². The number of unbranched alkanes of at least 4 members (excludes halogenated alkanes) is 9. The number of nitrogens with zero attached hydrogens (tertiary/aromatic N) is 2. The minimum atomic E-state index is -2.80. The van der Waals surface area contributed by atoms with Gasteiger partial charge in [-0.25, -0.2) is 4.99 Å². The summed E-state index contributed by atoms with van der Waals surface area (Å²) in [5, 5.41) is 7.83. The van der Waals surface area contributed by atoms with Gasteiger partial charge in [-0.2, -0.15) is 0 Å². The molecule has 1 unspecified atom stereocenters. The zero-order valence-corrected chi connectivity index (χ0v) is 34.5. The van der Waals surface area contributed by atoms with Crippen LogP contribution in [-0.2, 0) is 6.42 Å². The van der Waals surface area contributed by atoms with E-state index in [1.807, 2.05) is 42.5 Å². The first-order valence-electron chi connectivity index (χ1n) is 20.1. The molecular formula is C47H57BrN5OP. The summed E-state index contributed by atoms with van der Waals surface area (Å²) in [5.41, 5.74) is 8.36. The average molecular weight is 819 g/mol. The molecule has 6 rings (SSSR count). The van der Waals surface area contributed by atoms with Gasteiger partial charge in [-0.3, -0.25) is 10.3 Å². The van der Waals surface area contributed by atoms with Gasteiger partial charge in [0.1, 0.15) is 5.75 Å². The maximum absolute atomic E-state index is 6.08. The summed E-state index contributed by atoms with van der Waals surface area (Å²) < 4.78 is 6.07. The first kappa shape index (κ1) is 40.2. The Morgan fingerprint density at radius 1 is 0.600 bits per heavy atom. The average Bonchev–Trinajstić information content (AvgIpc) is 3.24. The number of benzene rings is 5. The van der Waals surface area contributed by atoms with Crippen LogP contribution in [0.4, 0.5) is 0 Å². The summed E-state index contributed by atoms with van der Waals surface area (Å²) in [7, 11) is 0. The van der Waals surface area contributed by atoms with Crippen LogP contribution in [0.3, 0.4) is 0 Å². The quantitative estimate of drug-likeness (QED) is 0.0509. The summed E-state index contributed by atoms with van der Waals surface area (Å²) in [4.78, 5) is 9.19. The van der Waals surface area contributed by atoms with E-state index in [0.29, 0.717) is 18.5 Å². The maximum Gasteiger partial charge on any atom is 0.200 e. The predicted molar refractivity (Wildman–Crippen MR) is 240 cm³/mol. The number of nitrogens with two attached hydrogens (primary N) is 1. The van der Waals surface area contributed by atoms with E-state index in [0.717, 1.165) is 36.9 Å². The van der Waals surface area contributed by atoms with Gasteiger partial charge in [0.15, 0.2) is 18.1 Å². The fourth-order valence-corrected chi connectivity index (χ4v) is 15.3. The number of hydrogen-bond acceptors (Lipinski definition) is 4. The molecule has 6 nitrogen and oxygen atoms in total. The molecule has 288 valence electrons. The van der Waals surface area contributed by atoms with Gasteiger partial charge in [0, 0.05) is 6.54 Å². The van der Waals surface area contributed by atoms with Gasteiger partial charge in [-0.05, 0) is 29.7 Å². The normalized spacial score (nSPS) is 15.7. The Morgan fingerprint density at radius 2 is 1.07 bits per heavy atom. The largest absolute Gasteiger partial charge is 0.330 e. The zero-order chi connectivity index (χ0) is 38.0. The summed E-state index contributed by atoms with van der Waals surface area (Å²) in [6, 6.07) is 52.0. The van der Waals surface area contributed by atoms with E-state index in [-0.39, 0.29) is 6.17 Å². The summed E-state index contributed by atoms with van der Waals surface area (Å²) in [5.74, 6) is 1.89. The second kappa shape index (κ2) is 20.5. The molecule has 0 radical (unpaired) electrons. The van der Waals surface area contributed by atoms with Gasteiger partial charge in [0.05, 0.1) is 0 Å². The first-order chi connectivity index (χ1) is 27.0. The van der Waals surface area contributed by atoms with Crippen molar-refractivity contribution < 1.29 is 4.74 Å². The molecule has 55 heavy (non-hydrogen) atoms. The molecular weight excluding hydrogens is 761 g/mol. The van der Waals surface area contributed by atoms with Gasteiger partial charge in [0.25, 0.3) is 0 Å². The van der Waals surface area contributed by atoms with Crippen LogP contribution in [0.15, 0.2) is 156 Å². The van der Waals surface area contributed by atoms with E-state index < -0.39 is 5.31 Å². The standard InChI is InChI=1S/C47H57BrN5OP/c48-55(42-25-15-10-16-26-42,43-27-17-11-18-28-43,44-29-19-12-20-30-44)38-22-8-6-4-2-1-3-5-7-21-37-54-41-33-31-40(32-34-41)45-51-46(49)53-47(52-45)50-36-35-39-23-13-9-14-24-39/h9-20,23-34,45H,1-8,21-22,35-38H2,(H4,49,50,51,52,53). The van der Waals surface area contributed by atoms with Crippen molar-refractivity contribution in [2.75, 3.05) is 19.3 Å². The van der Waals surface area contributed by atoms with E-state index in [4.69, 9.17) is 10.5 Å². The molecule has 0 saturated carbocycles. The van der Waals surface area contributed by atoms with Gasteiger partial charge in [0.2, 0.25) is 0 Å². The van der Waals surface area contributed by atoms with E-state index in [1.54, 1.807) is 0 Å². The molecule has 0 aromatic heterocycles. The molecule has 0 aliphatic carbocycles. The first-order valence-corrected chi connectivity index (χ1v) is 24.5. The Morgan fingerprint density at radius 3 is 1.60 bits per heavy atom. The number of ether oxygens (including phenoxy) is 1. The van der Waals surface area contributed by atoms with Crippen LogP contribution in [0.5, 0.6) is 5.75 Å². The van der Waals surface area contributed by atoms with Gasteiger partial charge >= 0.3 is 205 Å². The second-order valence-electron chi connectivity index (χ2n) is 14.5. The second-order valence-corrected chi connectivity index (χ2v) is 23.6. The Bertz CT molecular complexity index is 1830. The molecule has 1 aliphatic heterocycles. The smallest absolute Gasteiger partial charge is 0.200 e. The summed E-state index contributed by atoms with van der Waals surface area (Å²) in [6.07, 6.45) is 14.2. The number of hydrogen-bond donors (Lipinski definition) is 3. The summed E-state index contributed by atoms with van der Waals surface area (Å²) >= 11 is 4.60. The Labute approximate surface area is 336 Å². The molecule has 0 bridgehead atoms. The number of guanidine groups is 2. The van der Waals surface area contributed by atoms with E-state index in [9.17, 15) is 0 Å². The van der Waals surface area contributed by atoms with Crippen molar-refractivity contribution in [1.82, 2.24) is 10.6 Å². The SMILES string of the molecule is NC1=NC(c2ccc(OCCCCCCCCCCCCP(Br)(c3ccccc3)(c3ccccc3)c3ccccc3)cc2)NC(=NCCc2ccccc2)N1. The molecule has 1 heterocycles. The van der Waals surface area contributed by atoms with Crippen LogP contribution >= 0.6 is 20.8 Å². The molecule has 5 aromatic rings. The molecule has 0 spiro atoms. The molecule has 8 heteroatoms. The minimum absolute atomic E-state index is 0.285. The minimum Gasteiger partial charge on any atom is -0.330 e. The van der Waals surface area contributed by atoms with Crippen LogP contribution in [0, 0.1) is 0 Å². The molecule has 1 atom stereocenters. The van der Waals surface area contributed by atoms with Crippen LogP contribution in [0.1, 0.15) is 81.5 Å². The van der Waals surface area contributed by atoms with Crippen molar-refractivity contribution in [2.24, 2.45) is 15.7 Å². The van der Waals surface area contributed by atoms with Gasteiger partial charge in [-0.15, -0.1) is 0 Å². The Balaban J connectivity index is 0.856. The molecule has 1 aliphatic rings. The van der Waals surface area contributed by atoms with Crippen LogP contribution in [-0.4, -0.2) is 31.2 Å². The maximum atomic E-state index is 6.08.